The van der Waals surface area contributed by atoms with E-state index < -0.39 is 11.2 Å². The van der Waals surface area contributed by atoms with Crippen molar-refractivity contribution in [2.75, 3.05) is 7.11 Å². The Kier molecular flexibility index (Phi) is 5.95. The van der Waals surface area contributed by atoms with Crippen molar-refractivity contribution >= 4 is 11.1 Å². The highest BCUT2D eigenvalue weighted by Crippen LogP contribution is 2.26. The summed E-state index contributed by atoms with van der Waals surface area (Å²) < 4.78 is 16.1. The predicted molar refractivity (Wildman–Crippen MR) is 117 cm³/mol. The standard InChI is InChI=1S/C24H22N2O5/c1-3-16-12-20(27)31-23-21(16)22(28)25-24(26-23)30-14-18-8-4-5-10-19(18)17-9-6-7-15(11-17)13-29-2/h4-12H,3,13-14H2,1-2H3,(H,25,26,28). The summed E-state index contributed by atoms with van der Waals surface area (Å²) in [5, 5.41) is 0.268. The lowest BCUT2D eigenvalue weighted by Gasteiger charge is -2.12. The number of hydrogen-bond donors (Lipinski definition) is 1. The summed E-state index contributed by atoms with van der Waals surface area (Å²) >= 11 is 0. The van der Waals surface area contributed by atoms with E-state index in [0.717, 1.165) is 22.3 Å². The largest absolute Gasteiger partial charge is 0.460 e. The van der Waals surface area contributed by atoms with Gasteiger partial charge in [0.25, 0.3) is 11.6 Å². The van der Waals surface area contributed by atoms with Crippen LogP contribution in [0.25, 0.3) is 22.2 Å². The monoisotopic (exact) mass is 418 g/mol. The van der Waals surface area contributed by atoms with E-state index in [1.807, 2.05) is 49.4 Å². The molecular formula is C24H22N2O5. The highest BCUT2D eigenvalue weighted by atomic mass is 16.5. The van der Waals surface area contributed by atoms with Crippen molar-refractivity contribution in [3.63, 3.8) is 0 Å². The number of aromatic nitrogens is 2. The maximum Gasteiger partial charge on any atom is 0.337 e. The number of rotatable bonds is 7. The molecule has 158 valence electrons. The van der Waals surface area contributed by atoms with Gasteiger partial charge >= 0.3 is 5.63 Å². The van der Waals surface area contributed by atoms with E-state index in [0.29, 0.717) is 18.6 Å². The van der Waals surface area contributed by atoms with Crippen LogP contribution in [0, 0.1) is 0 Å². The third kappa shape index (κ3) is 4.41. The second-order valence-corrected chi connectivity index (χ2v) is 7.07. The second-order valence-electron chi connectivity index (χ2n) is 7.07. The van der Waals surface area contributed by atoms with Crippen LogP contribution in [-0.4, -0.2) is 17.1 Å². The smallest absolute Gasteiger partial charge is 0.337 e. The maximum atomic E-state index is 12.5. The summed E-state index contributed by atoms with van der Waals surface area (Å²) in [5.41, 5.74) is 3.64. The first kappa shape index (κ1) is 20.6. The van der Waals surface area contributed by atoms with Crippen LogP contribution in [0.3, 0.4) is 0 Å². The zero-order valence-electron chi connectivity index (χ0n) is 17.3. The second kappa shape index (κ2) is 8.97. The number of aryl methyl sites for hydroxylation is 1. The van der Waals surface area contributed by atoms with Crippen LogP contribution in [0.15, 0.2) is 68.6 Å². The third-order valence-corrected chi connectivity index (χ3v) is 4.99. The normalized spacial score (nSPS) is 11.0. The average Bonchev–Trinajstić information content (AvgIpc) is 2.77. The van der Waals surface area contributed by atoms with Gasteiger partial charge in [0.1, 0.15) is 12.0 Å². The minimum absolute atomic E-state index is 0.00293. The molecule has 0 unspecified atom stereocenters. The molecule has 0 aliphatic heterocycles. The Morgan fingerprint density at radius 3 is 2.65 bits per heavy atom. The number of nitrogens with one attached hydrogen (secondary N) is 1. The van der Waals surface area contributed by atoms with Crippen LogP contribution in [0.2, 0.25) is 0 Å². The maximum absolute atomic E-state index is 12.5. The van der Waals surface area contributed by atoms with Gasteiger partial charge in [0.05, 0.1) is 6.61 Å². The number of hydrogen-bond acceptors (Lipinski definition) is 6. The SMILES string of the molecule is CCc1cc(=O)oc2nc(OCc3ccccc3-c3cccc(COC)c3)[nH]c(=O)c12. The van der Waals surface area contributed by atoms with E-state index in [9.17, 15) is 9.59 Å². The fraction of sp³-hybridized carbons (Fsp3) is 0.208. The molecule has 0 amide bonds. The average molecular weight is 418 g/mol. The van der Waals surface area contributed by atoms with Gasteiger partial charge in [-0.2, -0.15) is 4.98 Å². The molecule has 4 aromatic rings. The minimum Gasteiger partial charge on any atom is -0.460 e. The van der Waals surface area contributed by atoms with Gasteiger partial charge in [0.15, 0.2) is 0 Å². The van der Waals surface area contributed by atoms with Crippen LogP contribution < -0.4 is 15.9 Å². The first-order valence-electron chi connectivity index (χ1n) is 9.95. The summed E-state index contributed by atoms with van der Waals surface area (Å²) in [4.78, 5) is 31.1. The van der Waals surface area contributed by atoms with E-state index in [1.54, 1.807) is 7.11 Å². The Morgan fingerprint density at radius 2 is 1.84 bits per heavy atom. The Balaban J connectivity index is 1.65. The molecule has 0 aliphatic rings. The van der Waals surface area contributed by atoms with Gasteiger partial charge in [-0.1, -0.05) is 49.4 Å². The molecule has 0 atom stereocenters. The molecule has 1 N–H and O–H groups in total. The van der Waals surface area contributed by atoms with Crippen molar-refractivity contribution < 1.29 is 13.9 Å². The van der Waals surface area contributed by atoms with E-state index >= 15 is 0 Å². The molecule has 0 aliphatic carbocycles. The summed E-state index contributed by atoms with van der Waals surface area (Å²) in [6.45, 7) is 2.56. The fourth-order valence-corrected chi connectivity index (χ4v) is 3.55. The molecule has 7 heteroatoms. The van der Waals surface area contributed by atoms with Gasteiger partial charge in [0, 0.05) is 13.2 Å². The topological polar surface area (TPSA) is 94.4 Å². The van der Waals surface area contributed by atoms with Gasteiger partial charge < -0.3 is 13.9 Å². The third-order valence-electron chi connectivity index (χ3n) is 4.99. The first-order chi connectivity index (χ1) is 15.1. The Labute approximate surface area is 178 Å². The molecule has 0 spiro atoms. The van der Waals surface area contributed by atoms with Gasteiger partial charge in [-0.25, -0.2) is 4.79 Å². The van der Waals surface area contributed by atoms with Gasteiger partial charge in [0.2, 0.25) is 5.71 Å². The molecule has 2 heterocycles. The number of aromatic amines is 1. The number of H-pyrrole nitrogens is 1. The number of nitrogens with zero attached hydrogens (tertiary/aromatic N) is 1. The van der Waals surface area contributed by atoms with Crippen LogP contribution in [0.4, 0.5) is 0 Å². The highest BCUT2D eigenvalue weighted by molar-refractivity contribution is 5.75. The molecule has 0 radical (unpaired) electrons. The summed E-state index contributed by atoms with van der Waals surface area (Å²) in [6.07, 6.45) is 0.516. The molecule has 0 fully saturated rings. The van der Waals surface area contributed by atoms with Gasteiger partial charge in [-0.3, -0.25) is 9.78 Å². The van der Waals surface area contributed by atoms with Crippen molar-refractivity contribution in [2.24, 2.45) is 0 Å². The number of ether oxygens (including phenoxy) is 2. The Bertz CT molecular complexity index is 1340. The minimum atomic E-state index is -0.547. The quantitative estimate of drug-likeness (QED) is 0.490. The van der Waals surface area contributed by atoms with Crippen molar-refractivity contribution in [3.8, 4) is 17.1 Å². The van der Waals surface area contributed by atoms with Crippen molar-refractivity contribution in [3.05, 3.63) is 92.1 Å². The molecule has 2 aromatic carbocycles. The van der Waals surface area contributed by atoms with E-state index in [1.165, 1.54) is 6.07 Å². The zero-order chi connectivity index (χ0) is 21.8. The van der Waals surface area contributed by atoms with Crippen molar-refractivity contribution in [1.29, 1.82) is 0 Å². The predicted octanol–water partition coefficient (Wildman–Crippen LogP) is 3.83. The summed E-state index contributed by atoms with van der Waals surface area (Å²) in [5.74, 6) is 0. The van der Waals surface area contributed by atoms with E-state index in [-0.39, 0.29) is 23.7 Å². The summed E-state index contributed by atoms with van der Waals surface area (Å²) in [6, 6.07) is 17.2. The van der Waals surface area contributed by atoms with Crippen LogP contribution in [-0.2, 0) is 24.4 Å². The molecule has 0 saturated carbocycles. The highest BCUT2D eigenvalue weighted by Gasteiger charge is 2.13. The first-order valence-corrected chi connectivity index (χ1v) is 9.95. The van der Waals surface area contributed by atoms with Crippen LogP contribution in [0.1, 0.15) is 23.6 Å². The van der Waals surface area contributed by atoms with Gasteiger partial charge in [-0.15, -0.1) is 0 Å². The van der Waals surface area contributed by atoms with Crippen molar-refractivity contribution in [2.45, 2.75) is 26.6 Å². The molecular weight excluding hydrogens is 396 g/mol. The molecule has 2 aromatic heterocycles. The molecule has 0 bridgehead atoms. The molecule has 7 nitrogen and oxygen atoms in total. The van der Waals surface area contributed by atoms with E-state index in [4.69, 9.17) is 13.9 Å². The lowest BCUT2D eigenvalue weighted by atomic mass is 9.98. The molecule has 4 rings (SSSR count). The zero-order valence-corrected chi connectivity index (χ0v) is 17.3. The summed E-state index contributed by atoms with van der Waals surface area (Å²) in [7, 11) is 1.66. The number of fused-ring (bicyclic) bond motifs is 1. The molecule has 0 saturated heterocycles. The lowest BCUT2D eigenvalue weighted by Crippen LogP contribution is -2.15. The van der Waals surface area contributed by atoms with E-state index in [2.05, 4.69) is 16.0 Å². The van der Waals surface area contributed by atoms with Crippen LogP contribution in [0.5, 0.6) is 6.01 Å². The number of methoxy groups -OCH3 is 1. The lowest BCUT2D eigenvalue weighted by molar-refractivity contribution is 0.185. The Morgan fingerprint density at radius 1 is 1.00 bits per heavy atom. The fourth-order valence-electron chi connectivity index (χ4n) is 3.55. The van der Waals surface area contributed by atoms with Crippen LogP contribution >= 0.6 is 0 Å². The van der Waals surface area contributed by atoms with Gasteiger partial charge in [-0.05, 0) is 40.3 Å². The Hall–Kier alpha value is -3.71. The number of benzene rings is 2. The molecule has 31 heavy (non-hydrogen) atoms. The van der Waals surface area contributed by atoms with Crippen molar-refractivity contribution in [1.82, 2.24) is 9.97 Å².